The highest BCUT2D eigenvalue weighted by Gasteiger charge is 2.18. The van der Waals surface area contributed by atoms with Crippen LogP contribution in [-0.2, 0) is 0 Å². The molecule has 1 aromatic carbocycles. The van der Waals surface area contributed by atoms with Gasteiger partial charge >= 0.3 is 0 Å². The normalized spacial score (nSPS) is 10.3. The standard InChI is InChI=1S/C15H15BrO4/c1-3-18-12-6-5-10(9-13(12)19-4-2)14(17)15-11(16)7-8-20-15/h5-9H,3-4H2,1-2H3. The number of benzene rings is 1. The molecule has 0 saturated carbocycles. The molecule has 0 spiro atoms. The molecule has 5 heteroatoms. The molecule has 0 amide bonds. The summed E-state index contributed by atoms with van der Waals surface area (Å²) in [6.45, 7) is 4.82. The molecule has 0 fully saturated rings. The van der Waals surface area contributed by atoms with Crippen LogP contribution in [0.4, 0.5) is 0 Å². The molecule has 0 unspecified atom stereocenters. The van der Waals surface area contributed by atoms with Crippen LogP contribution in [0.15, 0.2) is 39.4 Å². The van der Waals surface area contributed by atoms with Crippen LogP contribution in [0.25, 0.3) is 0 Å². The molecule has 4 nitrogen and oxygen atoms in total. The maximum atomic E-state index is 12.3. The lowest BCUT2D eigenvalue weighted by Gasteiger charge is -2.11. The number of ketones is 1. The van der Waals surface area contributed by atoms with E-state index in [0.29, 0.717) is 34.7 Å². The summed E-state index contributed by atoms with van der Waals surface area (Å²) in [5.41, 5.74) is 0.493. The van der Waals surface area contributed by atoms with Gasteiger partial charge in [0.05, 0.1) is 23.9 Å². The first-order chi connectivity index (χ1) is 9.67. The van der Waals surface area contributed by atoms with Gasteiger partial charge in [0.1, 0.15) is 0 Å². The monoisotopic (exact) mass is 338 g/mol. The van der Waals surface area contributed by atoms with Gasteiger partial charge in [0, 0.05) is 5.56 Å². The van der Waals surface area contributed by atoms with Gasteiger partial charge in [0.2, 0.25) is 5.78 Å². The zero-order valence-electron chi connectivity index (χ0n) is 11.3. The lowest BCUT2D eigenvalue weighted by atomic mass is 10.1. The second-order valence-electron chi connectivity index (χ2n) is 3.95. The molecule has 1 heterocycles. The largest absolute Gasteiger partial charge is 0.490 e. The molecule has 0 bridgehead atoms. The molecule has 0 aliphatic heterocycles. The Morgan fingerprint density at radius 3 is 2.45 bits per heavy atom. The van der Waals surface area contributed by atoms with Crippen LogP contribution in [0, 0.1) is 0 Å². The van der Waals surface area contributed by atoms with Crippen LogP contribution in [0.1, 0.15) is 30.0 Å². The van der Waals surface area contributed by atoms with Crippen molar-refractivity contribution in [1.82, 2.24) is 0 Å². The first-order valence-electron chi connectivity index (χ1n) is 6.34. The summed E-state index contributed by atoms with van der Waals surface area (Å²) in [6, 6.07) is 6.79. The van der Waals surface area contributed by atoms with Crippen LogP contribution >= 0.6 is 15.9 Å². The van der Waals surface area contributed by atoms with Crippen molar-refractivity contribution in [2.45, 2.75) is 13.8 Å². The van der Waals surface area contributed by atoms with Crippen LogP contribution in [0.3, 0.4) is 0 Å². The van der Waals surface area contributed by atoms with Gasteiger partial charge in [0.15, 0.2) is 17.3 Å². The molecule has 0 atom stereocenters. The molecule has 0 N–H and O–H groups in total. The van der Waals surface area contributed by atoms with Crippen molar-refractivity contribution in [2.75, 3.05) is 13.2 Å². The highest BCUT2D eigenvalue weighted by Crippen LogP contribution is 2.30. The first-order valence-corrected chi connectivity index (χ1v) is 7.14. The number of ether oxygens (including phenoxy) is 2. The molecule has 106 valence electrons. The number of hydrogen-bond acceptors (Lipinski definition) is 4. The van der Waals surface area contributed by atoms with E-state index in [1.54, 1.807) is 24.3 Å². The average molecular weight is 339 g/mol. The Balaban J connectivity index is 2.35. The van der Waals surface area contributed by atoms with E-state index in [9.17, 15) is 4.79 Å². The van der Waals surface area contributed by atoms with Crippen molar-refractivity contribution >= 4 is 21.7 Å². The van der Waals surface area contributed by atoms with E-state index in [1.165, 1.54) is 6.26 Å². The summed E-state index contributed by atoms with van der Waals surface area (Å²) in [5.74, 6) is 1.26. The molecular weight excluding hydrogens is 324 g/mol. The quantitative estimate of drug-likeness (QED) is 0.745. The molecule has 0 saturated heterocycles. The Hall–Kier alpha value is -1.75. The summed E-state index contributed by atoms with van der Waals surface area (Å²) >= 11 is 3.28. The van der Waals surface area contributed by atoms with Crippen LogP contribution in [-0.4, -0.2) is 19.0 Å². The van der Waals surface area contributed by atoms with E-state index < -0.39 is 0 Å². The topological polar surface area (TPSA) is 48.7 Å². The van der Waals surface area contributed by atoms with Crippen molar-refractivity contribution in [3.05, 3.63) is 46.3 Å². The molecule has 20 heavy (non-hydrogen) atoms. The maximum absolute atomic E-state index is 12.3. The predicted octanol–water partition coefficient (Wildman–Crippen LogP) is 4.07. The summed E-state index contributed by atoms with van der Waals surface area (Å²) in [4.78, 5) is 12.3. The maximum Gasteiger partial charge on any atom is 0.229 e. The Labute approximate surface area is 125 Å². The molecule has 2 rings (SSSR count). The van der Waals surface area contributed by atoms with Crippen LogP contribution in [0.2, 0.25) is 0 Å². The minimum Gasteiger partial charge on any atom is -0.490 e. The predicted molar refractivity (Wildman–Crippen MR) is 78.6 cm³/mol. The highest BCUT2D eigenvalue weighted by molar-refractivity contribution is 9.10. The van der Waals surface area contributed by atoms with Gasteiger partial charge in [-0.15, -0.1) is 0 Å². The molecule has 0 aliphatic carbocycles. The lowest BCUT2D eigenvalue weighted by molar-refractivity contribution is 0.101. The first kappa shape index (κ1) is 14.7. The molecule has 0 radical (unpaired) electrons. The number of rotatable bonds is 6. The summed E-state index contributed by atoms with van der Waals surface area (Å²) < 4.78 is 16.8. The zero-order valence-corrected chi connectivity index (χ0v) is 12.9. The summed E-state index contributed by atoms with van der Waals surface area (Å²) in [6.07, 6.45) is 1.47. The van der Waals surface area contributed by atoms with Crippen molar-refractivity contribution < 1.29 is 18.7 Å². The van der Waals surface area contributed by atoms with Gasteiger partial charge in [-0.2, -0.15) is 0 Å². The number of carbonyl (C=O) groups is 1. The van der Waals surface area contributed by atoms with Gasteiger partial charge in [-0.1, -0.05) is 0 Å². The Bertz CT molecular complexity index is 604. The van der Waals surface area contributed by atoms with Gasteiger partial charge in [-0.05, 0) is 54.0 Å². The zero-order chi connectivity index (χ0) is 14.5. The Morgan fingerprint density at radius 2 is 1.85 bits per heavy atom. The van der Waals surface area contributed by atoms with Crippen LogP contribution in [0.5, 0.6) is 11.5 Å². The Morgan fingerprint density at radius 1 is 1.15 bits per heavy atom. The van der Waals surface area contributed by atoms with Crippen molar-refractivity contribution in [3.8, 4) is 11.5 Å². The third-order valence-electron chi connectivity index (χ3n) is 2.63. The van der Waals surface area contributed by atoms with Gasteiger partial charge in [-0.25, -0.2) is 0 Å². The number of carbonyl (C=O) groups excluding carboxylic acids is 1. The molecule has 0 aliphatic rings. The van der Waals surface area contributed by atoms with Gasteiger partial charge in [0.25, 0.3) is 0 Å². The second-order valence-corrected chi connectivity index (χ2v) is 4.81. The van der Waals surface area contributed by atoms with E-state index in [1.807, 2.05) is 13.8 Å². The third-order valence-corrected chi connectivity index (χ3v) is 3.25. The fourth-order valence-electron chi connectivity index (χ4n) is 1.78. The van der Waals surface area contributed by atoms with Gasteiger partial charge in [-0.3, -0.25) is 4.79 Å². The second kappa shape index (κ2) is 6.61. The van der Waals surface area contributed by atoms with Gasteiger partial charge < -0.3 is 13.9 Å². The van der Waals surface area contributed by atoms with Crippen molar-refractivity contribution in [1.29, 1.82) is 0 Å². The number of halogens is 1. The highest BCUT2D eigenvalue weighted by atomic mass is 79.9. The lowest BCUT2D eigenvalue weighted by Crippen LogP contribution is -2.04. The van der Waals surface area contributed by atoms with Crippen molar-refractivity contribution in [3.63, 3.8) is 0 Å². The molecular formula is C15H15BrO4. The summed E-state index contributed by atoms with van der Waals surface area (Å²) in [7, 11) is 0. The van der Waals surface area contributed by atoms with E-state index in [0.717, 1.165) is 0 Å². The fourth-order valence-corrected chi connectivity index (χ4v) is 2.16. The summed E-state index contributed by atoms with van der Waals surface area (Å²) in [5, 5.41) is 0. The van der Waals surface area contributed by atoms with Crippen LogP contribution < -0.4 is 9.47 Å². The fraction of sp³-hybridized carbons (Fsp3) is 0.267. The Kier molecular flexibility index (Phi) is 4.84. The molecule has 1 aromatic heterocycles. The minimum atomic E-state index is -0.203. The smallest absolute Gasteiger partial charge is 0.229 e. The average Bonchev–Trinajstić information content (AvgIpc) is 2.86. The van der Waals surface area contributed by atoms with E-state index in [4.69, 9.17) is 13.9 Å². The minimum absolute atomic E-state index is 0.203. The third kappa shape index (κ3) is 3.04. The number of furan rings is 1. The van der Waals surface area contributed by atoms with E-state index >= 15 is 0 Å². The number of hydrogen-bond donors (Lipinski definition) is 0. The SMILES string of the molecule is CCOc1ccc(C(=O)c2occc2Br)cc1OCC. The van der Waals surface area contributed by atoms with E-state index in [2.05, 4.69) is 15.9 Å². The van der Waals surface area contributed by atoms with E-state index in [-0.39, 0.29) is 11.5 Å². The van der Waals surface area contributed by atoms with Crippen molar-refractivity contribution in [2.24, 2.45) is 0 Å². The molecule has 2 aromatic rings.